The summed E-state index contributed by atoms with van der Waals surface area (Å²) in [5.74, 6) is 0. The molecule has 0 unspecified atom stereocenters. The summed E-state index contributed by atoms with van der Waals surface area (Å²) in [6.07, 6.45) is 5.58. The SMILES string of the molecule is C=CCC(C)(C[PH+](c1ccccc1)c1ccccc1)C[PH+](c1ccccc1)c1ccccc1.[I][Pd][I]. The predicted octanol–water partition coefficient (Wildman–Crippen LogP) is 8.07. The third-order valence-corrected chi connectivity index (χ3v) is 12.9. The number of hydrogen-bond acceptors (Lipinski definition) is 0. The first-order valence-electron chi connectivity index (χ1n) is 12.0. The van der Waals surface area contributed by atoms with Crippen LogP contribution in [0.15, 0.2) is 134 Å². The number of rotatable bonds is 10. The van der Waals surface area contributed by atoms with Gasteiger partial charge in [0.25, 0.3) is 0 Å². The topological polar surface area (TPSA) is 0 Å². The van der Waals surface area contributed by atoms with Gasteiger partial charge in [0.1, 0.15) is 0 Å². The molecular formula is C31H34I2P2Pd+2. The standard InChI is InChI=1S/C31H32P2.2HI.Pd/c1-3-24-31(2,25-32(27-16-8-4-9-17-27)28-18-10-5-11-19-28)26-33(29-20-12-6-13-21-29)30-22-14-7-15-23-30;;;/h3-23H,1,24-26H2,2H3;2*1H;/q;;;+2. The normalized spacial score (nSPS) is 11.2. The molecule has 0 atom stereocenters. The molecule has 4 aromatic rings. The Bertz CT molecular complexity index is 978. The average molecular weight is 829 g/mol. The number of halogens is 2. The van der Waals surface area contributed by atoms with E-state index < -0.39 is 15.8 Å². The van der Waals surface area contributed by atoms with Crippen molar-refractivity contribution in [2.75, 3.05) is 12.3 Å². The third kappa shape index (κ3) is 9.41. The molecule has 36 heavy (non-hydrogen) atoms. The average Bonchev–Trinajstić information content (AvgIpc) is 2.93. The van der Waals surface area contributed by atoms with E-state index in [1.165, 1.54) is 33.5 Å². The number of benzene rings is 4. The van der Waals surface area contributed by atoms with Gasteiger partial charge in [-0.05, 0) is 55.0 Å². The zero-order valence-electron chi connectivity index (χ0n) is 20.5. The van der Waals surface area contributed by atoms with E-state index in [1.54, 1.807) is 0 Å². The second-order valence-electron chi connectivity index (χ2n) is 9.12. The molecule has 0 nitrogen and oxygen atoms in total. The van der Waals surface area contributed by atoms with E-state index in [2.05, 4.69) is 180 Å². The van der Waals surface area contributed by atoms with Crippen LogP contribution in [-0.2, 0) is 10.8 Å². The van der Waals surface area contributed by atoms with E-state index in [9.17, 15) is 0 Å². The molecule has 0 aliphatic carbocycles. The van der Waals surface area contributed by atoms with Crippen molar-refractivity contribution >= 4 is 76.1 Å². The molecule has 0 fully saturated rings. The van der Waals surface area contributed by atoms with Crippen LogP contribution in [0.5, 0.6) is 0 Å². The Morgan fingerprint density at radius 2 is 0.861 bits per heavy atom. The molecule has 0 aliphatic rings. The first-order valence-corrected chi connectivity index (χ1v) is 24.6. The molecule has 0 aliphatic heterocycles. The van der Waals surface area contributed by atoms with E-state index in [1.807, 2.05) is 0 Å². The first kappa shape index (κ1) is 30.1. The maximum absolute atomic E-state index is 4.17. The van der Waals surface area contributed by atoms with Crippen molar-refractivity contribution in [3.63, 3.8) is 0 Å². The van der Waals surface area contributed by atoms with Gasteiger partial charge in [-0.2, -0.15) is 0 Å². The van der Waals surface area contributed by atoms with E-state index in [0.717, 1.165) is 17.2 Å². The molecular weight excluding hydrogens is 795 g/mol. The minimum atomic E-state index is -0.918. The van der Waals surface area contributed by atoms with Crippen LogP contribution in [0.3, 0.4) is 0 Å². The fourth-order valence-corrected chi connectivity index (χ4v) is 11.1. The van der Waals surface area contributed by atoms with Crippen LogP contribution >= 0.6 is 54.9 Å². The second kappa shape index (κ2) is 16.5. The third-order valence-electron chi connectivity index (χ3n) is 6.33. The molecule has 0 N–H and O–H groups in total. The van der Waals surface area contributed by atoms with Gasteiger partial charge in [0.15, 0.2) is 0 Å². The van der Waals surface area contributed by atoms with Gasteiger partial charge >= 0.3 is 49.8 Å². The van der Waals surface area contributed by atoms with Gasteiger partial charge in [-0.1, -0.05) is 85.8 Å². The molecule has 0 heterocycles. The zero-order valence-corrected chi connectivity index (χ0v) is 28.4. The maximum atomic E-state index is 4.17. The summed E-state index contributed by atoms with van der Waals surface area (Å²) in [7, 11) is -0.945. The van der Waals surface area contributed by atoms with Gasteiger partial charge in [0.2, 0.25) is 0 Å². The molecule has 4 rings (SSSR count). The van der Waals surface area contributed by atoms with E-state index in [4.69, 9.17) is 0 Å². The van der Waals surface area contributed by atoms with Gasteiger partial charge in [-0.3, -0.25) is 0 Å². The van der Waals surface area contributed by atoms with Crippen LogP contribution in [0.1, 0.15) is 13.3 Å². The van der Waals surface area contributed by atoms with E-state index in [-0.39, 0.29) is 5.41 Å². The molecule has 0 spiro atoms. The summed E-state index contributed by atoms with van der Waals surface area (Å²) >= 11 is 4.65. The van der Waals surface area contributed by atoms with Crippen molar-refractivity contribution in [3.05, 3.63) is 134 Å². The second-order valence-corrected chi connectivity index (χ2v) is 26.0. The Hall–Kier alpha value is -0.398. The Morgan fingerprint density at radius 3 is 1.08 bits per heavy atom. The van der Waals surface area contributed by atoms with Crippen LogP contribution in [0.25, 0.3) is 0 Å². The first-order chi connectivity index (χ1) is 17.6. The summed E-state index contributed by atoms with van der Waals surface area (Å²) in [5.41, 5.74) is 0.182. The fraction of sp³-hybridized carbons (Fsp3) is 0.161. The van der Waals surface area contributed by atoms with Crippen molar-refractivity contribution < 1.29 is 10.8 Å². The Balaban J connectivity index is 0.00000115. The molecule has 0 saturated carbocycles. The summed E-state index contributed by atoms with van der Waals surface area (Å²) in [6.45, 7) is 6.68. The van der Waals surface area contributed by atoms with Crippen LogP contribution in [0.2, 0.25) is 0 Å². The number of allylic oxidation sites excluding steroid dienone is 1. The zero-order chi connectivity index (χ0) is 25.6. The molecule has 0 bridgehead atoms. The summed E-state index contributed by atoms with van der Waals surface area (Å²) in [6, 6.07) is 44.7. The summed E-state index contributed by atoms with van der Waals surface area (Å²) in [5, 5.41) is 5.99. The quantitative estimate of drug-likeness (QED) is 0.0658. The Morgan fingerprint density at radius 1 is 0.611 bits per heavy atom. The van der Waals surface area contributed by atoms with Gasteiger partial charge < -0.3 is 0 Å². The molecule has 0 aromatic heterocycles. The molecule has 4 aromatic carbocycles. The fourth-order valence-electron chi connectivity index (χ4n) is 4.71. The van der Waals surface area contributed by atoms with Crippen molar-refractivity contribution in [1.29, 1.82) is 0 Å². The Kier molecular flexibility index (Phi) is 13.9. The molecule has 0 saturated heterocycles. The molecule has 0 radical (unpaired) electrons. The van der Waals surface area contributed by atoms with Gasteiger partial charge in [-0.15, -0.1) is 6.58 Å². The van der Waals surface area contributed by atoms with Crippen LogP contribution in [-0.4, -0.2) is 12.3 Å². The summed E-state index contributed by atoms with van der Waals surface area (Å²) < 4.78 is 0. The van der Waals surface area contributed by atoms with E-state index in [0.29, 0.717) is 0 Å². The van der Waals surface area contributed by atoms with Gasteiger partial charge in [0.05, 0.1) is 49.4 Å². The van der Waals surface area contributed by atoms with E-state index >= 15 is 0 Å². The molecule has 5 heteroatoms. The van der Waals surface area contributed by atoms with Gasteiger partial charge in [-0.25, -0.2) is 0 Å². The van der Waals surface area contributed by atoms with Crippen LogP contribution in [0.4, 0.5) is 0 Å². The van der Waals surface area contributed by atoms with Crippen LogP contribution in [0, 0.1) is 5.41 Å². The molecule has 0 amide bonds. The number of hydrogen-bond donors (Lipinski definition) is 0. The van der Waals surface area contributed by atoms with Crippen molar-refractivity contribution in [1.82, 2.24) is 0 Å². The minimum absolute atomic E-state index is 0.182. The summed E-state index contributed by atoms with van der Waals surface area (Å²) in [4.78, 5) is 0. The monoisotopic (exact) mass is 828 g/mol. The van der Waals surface area contributed by atoms with Crippen molar-refractivity contribution in [2.45, 2.75) is 13.3 Å². The van der Waals surface area contributed by atoms with Crippen LogP contribution < -0.4 is 21.2 Å². The molecule has 190 valence electrons. The van der Waals surface area contributed by atoms with Crippen molar-refractivity contribution in [2.24, 2.45) is 5.41 Å². The van der Waals surface area contributed by atoms with Gasteiger partial charge in [0, 0.05) is 5.41 Å². The predicted molar refractivity (Wildman–Crippen MR) is 182 cm³/mol. The van der Waals surface area contributed by atoms with Crippen molar-refractivity contribution in [3.8, 4) is 0 Å². The Labute approximate surface area is 249 Å².